The standard InChI is InChI=1S/C18H21Cl2NO/c1-3-17(21-22-2)18-13-5-4-11(8-13)9-14(18)12-6-7-15(19)16(20)10-12/h6-7,10-11,13H,3-5,8-9H2,1-2H3. The van der Waals surface area contributed by atoms with Gasteiger partial charge in [-0.25, -0.2) is 0 Å². The molecule has 0 amide bonds. The smallest absolute Gasteiger partial charge is 0.106 e. The van der Waals surface area contributed by atoms with Gasteiger partial charge in [-0.2, -0.15) is 0 Å². The summed E-state index contributed by atoms with van der Waals surface area (Å²) in [6.07, 6.45) is 5.83. The lowest BCUT2D eigenvalue weighted by molar-refractivity contribution is 0.212. The number of oxime groups is 1. The maximum atomic E-state index is 6.23. The number of hydrogen-bond acceptors (Lipinski definition) is 2. The van der Waals surface area contributed by atoms with E-state index in [1.807, 2.05) is 12.1 Å². The first kappa shape index (κ1) is 15.9. The fraction of sp³-hybridized carbons (Fsp3) is 0.500. The average molecular weight is 338 g/mol. The SMILES string of the molecule is CCC(=NOC)C1=C(c2ccc(Cl)c(Cl)c2)CC2CCC1C2. The first-order valence-electron chi connectivity index (χ1n) is 7.92. The van der Waals surface area contributed by atoms with Crippen LogP contribution >= 0.6 is 23.2 Å². The number of halogens is 2. The Balaban J connectivity index is 2.13. The normalized spacial score (nSPS) is 24.8. The Kier molecular flexibility index (Phi) is 4.79. The van der Waals surface area contributed by atoms with E-state index in [9.17, 15) is 0 Å². The molecule has 4 heteroatoms. The first-order chi connectivity index (χ1) is 10.6. The highest BCUT2D eigenvalue weighted by atomic mass is 35.5. The topological polar surface area (TPSA) is 21.6 Å². The van der Waals surface area contributed by atoms with Crippen molar-refractivity contribution in [2.75, 3.05) is 7.11 Å². The lowest BCUT2D eigenvalue weighted by Crippen LogP contribution is -2.18. The van der Waals surface area contributed by atoms with Crippen LogP contribution < -0.4 is 0 Å². The first-order valence-corrected chi connectivity index (χ1v) is 8.68. The van der Waals surface area contributed by atoms with Crippen molar-refractivity contribution in [1.29, 1.82) is 0 Å². The Labute approximate surface area is 142 Å². The molecular weight excluding hydrogens is 317 g/mol. The summed E-state index contributed by atoms with van der Waals surface area (Å²) in [7, 11) is 1.62. The molecule has 2 unspecified atom stereocenters. The van der Waals surface area contributed by atoms with Gasteiger partial charge >= 0.3 is 0 Å². The van der Waals surface area contributed by atoms with Gasteiger partial charge in [0.25, 0.3) is 0 Å². The summed E-state index contributed by atoms with van der Waals surface area (Å²) < 4.78 is 0. The van der Waals surface area contributed by atoms with Crippen molar-refractivity contribution in [3.63, 3.8) is 0 Å². The molecule has 0 heterocycles. The quantitative estimate of drug-likeness (QED) is 0.489. The molecule has 0 aliphatic heterocycles. The molecule has 118 valence electrons. The van der Waals surface area contributed by atoms with Gasteiger partial charge in [-0.1, -0.05) is 41.3 Å². The van der Waals surface area contributed by atoms with Gasteiger partial charge < -0.3 is 4.84 Å². The predicted molar refractivity (Wildman–Crippen MR) is 93.6 cm³/mol. The van der Waals surface area contributed by atoms with Crippen LogP contribution in [0, 0.1) is 11.8 Å². The predicted octanol–water partition coefficient (Wildman–Crippen LogP) is 5.98. The minimum absolute atomic E-state index is 0.604. The van der Waals surface area contributed by atoms with E-state index in [1.54, 1.807) is 7.11 Å². The largest absolute Gasteiger partial charge is 0.399 e. The van der Waals surface area contributed by atoms with Crippen LogP contribution in [0.2, 0.25) is 10.0 Å². The van der Waals surface area contributed by atoms with Gasteiger partial charge in [0.1, 0.15) is 7.11 Å². The second-order valence-corrected chi connectivity index (χ2v) is 6.99. The number of allylic oxidation sites excluding steroid dienone is 2. The molecule has 1 fully saturated rings. The number of hydrogen-bond donors (Lipinski definition) is 0. The second-order valence-electron chi connectivity index (χ2n) is 6.18. The highest BCUT2D eigenvalue weighted by Crippen LogP contribution is 2.49. The van der Waals surface area contributed by atoms with E-state index < -0.39 is 0 Å². The lowest BCUT2D eigenvalue weighted by atomic mass is 9.78. The molecule has 0 saturated heterocycles. The summed E-state index contributed by atoms with van der Waals surface area (Å²) >= 11 is 12.3. The Morgan fingerprint density at radius 3 is 2.77 bits per heavy atom. The van der Waals surface area contributed by atoms with E-state index in [4.69, 9.17) is 28.0 Å². The number of benzene rings is 1. The maximum absolute atomic E-state index is 6.23. The molecular formula is C18H21Cl2NO. The van der Waals surface area contributed by atoms with Crippen molar-refractivity contribution >= 4 is 34.5 Å². The van der Waals surface area contributed by atoms with E-state index in [1.165, 1.54) is 36.0 Å². The summed E-state index contributed by atoms with van der Waals surface area (Å²) in [6, 6.07) is 5.96. The van der Waals surface area contributed by atoms with Crippen LogP contribution in [0.1, 0.15) is 44.6 Å². The zero-order valence-corrected chi connectivity index (χ0v) is 14.5. The summed E-state index contributed by atoms with van der Waals surface area (Å²) in [5.41, 5.74) is 5.03. The molecule has 0 aromatic heterocycles. The van der Waals surface area contributed by atoms with E-state index in [0.29, 0.717) is 16.0 Å². The van der Waals surface area contributed by atoms with Gasteiger partial charge in [0.05, 0.1) is 15.8 Å². The van der Waals surface area contributed by atoms with Crippen molar-refractivity contribution in [3.8, 4) is 0 Å². The minimum Gasteiger partial charge on any atom is -0.399 e. The van der Waals surface area contributed by atoms with Crippen LogP contribution in [0.25, 0.3) is 5.57 Å². The highest BCUT2D eigenvalue weighted by molar-refractivity contribution is 6.42. The van der Waals surface area contributed by atoms with Crippen LogP contribution in [0.3, 0.4) is 0 Å². The van der Waals surface area contributed by atoms with Gasteiger partial charge in [-0.3, -0.25) is 0 Å². The van der Waals surface area contributed by atoms with Crippen molar-refractivity contribution in [1.82, 2.24) is 0 Å². The molecule has 2 aliphatic carbocycles. The third kappa shape index (κ3) is 2.91. The van der Waals surface area contributed by atoms with Crippen LogP contribution in [0.5, 0.6) is 0 Å². The Bertz CT molecular complexity index is 636. The fourth-order valence-corrected chi connectivity index (χ4v) is 4.25. The summed E-state index contributed by atoms with van der Waals surface area (Å²) in [5.74, 6) is 1.40. The van der Waals surface area contributed by atoms with Gasteiger partial charge in [-0.05, 0) is 72.8 Å². The third-order valence-corrected chi connectivity index (χ3v) is 5.62. The molecule has 1 aromatic rings. The Morgan fingerprint density at radius 2 is 2.09 bits per heavy atom. The lowest BCUT2D eigenvalue weighted by Gasteiger charge is -2.27. The van der Waals surface area contributed by atoms with E-state index >= 15 is 0 Å². The summed E-state index contributed by atoms with van der Waals surface area (Å²) in [6.45, 7) is 2.14. The molecule has 1 saturated carbocycles. The zero-order chi connectivity index (χ0) is 15.7. The molecule has 1 aromatic carbocycles. The van der Waals surface area contributed by atoms with Gasteiger partial charge in [0.2, 0.25) is 0 Å². The van der Waals surface area contributed by atoms with E-state index in [2.05, 4.69) is 18.1 Å². The molecule has 2 bridgehead atoms. The van der Waals surface area contributed by atoms with Crippen LogP contribution in [0.4, 0.5) is 0 Å². The molecule has 0 radical (unpaired) electrons. The summed E-state index contributed by atoms with van der Waals surface area (Å²) in [5, 5.41) is 5.52. The number of fused-ring (bicyclic) bond motifs is 2. The molecule has 2 atom stereocenters. The van der Waals surface area contributed by atoms with Crippen LogP contribution in [0.15, 0.2) is 28.9 Å². The zero-order valence-electron chi connectivity index (χ0n) is 13.0. The molecule has 0 spiro atoms. The highest BCUT2D eigenvalue weighted by Gasteiger charge is 2.36. The van der Waals surface area contributed by atoms with Crippen LogP contribution in [-0.4, -0.2) is 12.8 Å². The van der Waals surface area contributed by atoms with Crippen molar-refractivity contribution < 1.29 is 4.84 Å². The monoisotopic (exact) mass is 337 g/mol. The third-order valence-electron chi connectivity index (χ3n) is 4.88. The Morgan fingerprint density at radius 1 is 1.27 bits per heavy atom. The van der Waals surface area contributed by atoms with E-state index in [-0.39, 0.29) is 0 Å². The van der Waals surface area contributed by atoms with Gasteiger partial charge in [0.15, 0.2) is 0 Å². The maximum Gasteiger partial charge on any atom is 0.106 e. The molecule has 3 rings (SSSR count). The Hall–Kier alpha value is -0.990. The van der Waals surface area contributed by atoms with Gasteiger partial charge in [0, 0.05) is 0 Å². The van der Waals surface area contributed by atoms with Crippen molar-refractivity contribution in [3.05, 3.63) is 39.4 Å². The molecule has 2 nitrogen and oxygen atoms in total. The van der Waals surface area contributed by atoms with Crippen molar-refractivity contribution in [2.45, 2.75) is 39.0 Å². The average Bonchev–Trinajstić information content (AvgIpc) is 2.90. The molecule has 2 aliphatic rings. The second kappa shape index (κ2) is 6.64. The number of nitrogens with zero attached hydrogens (tertiary/aromatic N) is 1. The van der Waals surface area contributed by atoms with Gasteiger partial charge in [-0.15, -0.1) is 0 Å². The van der Waals surface area contributed by atoms with E-state index in [0.717, 1.165) is 24.5 Å². The molecule has 22 heavy (non-hydrogen) atoms. The molecule has 0 N–H and O–H groups in total. The van der Waals surface area contributed by atoms with Crippen molar-refractivity contribution in [2.24, 2.45) is 17.0 Å². The summed E-state index contributed by atoms with van der Waals surface area (Å²) in [4.78, 5) is 5.09. The number of rotatable bonds is 4. The minimum atomic E-state index is 0.604. The fourth-order valence-electron chi connectivity index (χ4n) is 3.95. The van der Waals surface area contributed by atoms with Crippen LogP contribution in [-0.2, 0) is 4.84 Å².